The molecule has 0 radical (unpaired) electrons. The van der Waals surface area contributed by atoms with Crippen molar-refractivity contribution in [3.8, 4) is 11.5 Å². The van der Waals surface area contributed by atoms with E-state index < -0.39 is 0 Å². The number of phenolic OH excluding ortho intramolecular Hbond substituents is 1. The predicted octanol–water partition coefficient (Wildman–Crippen LogP) is 3.57. The average molecular weight is 535 g/mol. The van der Waals surface area contributed by atoms with Crippen molar-refractivity contribution in [3.63, 3.8) is 0 Å². The van der Waals surface area contributed by atoms with E-state index in [1.807, 2.05) is 32.9 Å². The van der Waals surface area contributed by atoms with Gasteiger partial charge in [-0.15, -0.1) is 0 Å². The minimum atomic E-state index is -0.105. The van der Waals surface area contributed by atoms with Crippen LogP contribution in [-0.2, 0) is 4.79 Å². The summed E-state index contributed by atoms with van der Waals surface area (Å²) in [5.74, 6) is -0.0358. The molecule has 0 atom stereocenters. The molecule has 39 heavy (non-hydrogen) atoms. The fourth-order valence-corrected chi connectivity index (χ4v) is 2.80. The number of nitrogen functional groups attached to an aromatic ring is 8. The second kappa shape index (κ2) is 15.0. The maximum Gasteiger partial charge on any atom is 0.298 e. The summed E-state index contributed by atoms with van der Waals surface area (Å²) < 4.78 is 4.41. The van der Waals surface area contributed by atoms with Crippen molar-refractivity contribution in [3.05, 3.63) is 83.4 Å². The van der Waals surface area contributed by atoms with E-state index in [0.717, 1.165) is 39.4 Å². The molecular weight excluding hydrogens is 496 g/mol. The average Bonchev–Trinajstić information content (AvgIpc) is 2.89. The van der Waals surface area contributed by atoms with Crippen molar-refractivity contribution in [1.29, 1.82) is 0 Å². The van der Waals surface area contributed by atoms with Crippen LogP contribution in [0.25, 0.3) is 0 Å². The van der Waals surface area contributed by atoms with E-state index in [1.54, 1.807) is 36.4 Å². The van der Waals surface area contributed by atoms with Gasteiger partial charge in [0.2, 0.25) is 0 Å². The third-order valence-electron chi connectivity index (χ3n) is 5.44. The first-order chi connectivity index (χ1) is 18.3. The van der Waals surface area contributed by atoms with Gasteiger partial charge in [0.15, 0.2) is 11.5 Å². The number of carbonyl (C=O) groups excluding carboxylic acids is 1. The van der Waals surface area contributed by atoms with Crippen LogP contribution in [0.5, 0.6) is 11.5 Å². The standard InChI is InChI=1S/C8H12N2.C7H11N3.C7H7NO3.C6H8N2/c1-5-6(2)8(10)4-3-7(5)9;1-4-2-6(9)7(10)3-5(4)8;8-5-1-2-6(10)7(3-5)11-4-9;7-5-1-2-6(8)4-3-5/h3-4H,9-10H2,1-2H3;2-3H,8-10H2,1H3;1-4,10H,8H2;1-4H,7-8H2. The number of anilines is 8. The lowest BCUT2D eigenvalue weighted by atomic mass is 10.1. The third kappa shape index (κ3) is 10.6. The van der Waals surface area contributed by atoms with Crippen LogP contribution in [0.2, 0.25) is 0 Å². The monoisotopic (exact) mass is 534 g/mol. The van der Waals surface area contributed by atoms with Gasteiger partial charge in [0, 0.05) is 40.2 Å². The first-order valence-electron chi connectivity index (χ1n) is 11.6. The van der Waals surface area contributed by atoms with Gasteiger partial charge in [-0.05, 0) is 98.1 Å². The lowest BCUT2D eigenvalue weighted by molar-refractivity contribution is -0.120. The van der Waals surface area contributed by atoms with Crippen LogP contribution in [0.4, 0.5) is 45.5 Å². The van der Waals surface area contributed by atoms with Gasteiger partial charge in [-0.1, -0.05) is 0 Å². The van der Waals surface area contributed by atoms with Crippen molar-refractivity contribution in [2.75, 3.05) is 45.9 Å². The number of aryl methyl sites for hydroxylation is 1. The van der Waals surface area contributed by atoms with Crippen molar-refractivity contribution >= 4 is 52.0 Å². The Balaban J connectivity index is 0.000000261. The number of phenols is 1. The highest BCUT2D eigenvalue weighted by atomic mass is 16.5. The molecule has 0 fully saturated rings. The normalized spacial score (nSPS) is 9.41. The number of hydrogen-bond donors (Lipinski definition) is 9. The molecule has 0 aromatic heterocycles. The number of hydrogen-bond acceptors (Lipinski definition) is 11. The van der Waals surface area contributed by atoms with Gasteiger partial charge in [0.25, 0.3) is 6.47 Å². The van der Waals surface area contributed by atoms with Gasteiger partial charge in [-0.2, -0.15) is 0 Å². The number of aromatic hydroxyl groups is 1. The maximum absolute atomic E-state index is 9.86. The Bertz CT molecular complexity index is 1280. The van der Waals surface area contributed by atoms with E-state index in [9.17, 15) is 4.79 Å². The van der Waals surface area contributed by atoms with Crippen LogP contribution in [0.1, 0.15) is 16.7 Å². The Hall–Kier alpha value is -5.45. The fourth-order valence-electron chi connectivity index (χ4n) is 2.80. The van der Waals surface area contributed by atoms with Gasteiger partial charge in [0.05, 0.1) is 11.4 Å². The molecule has 0 saturated heterocycles. The summed E-state index contributed by atoms with van der Waals surface area (Å²) in [6.45, 7) is 6.07. The van der Waals surface area contributed by atoms with Gasteiger partial charge < -0.3 is 55.7 Å². The molecule has 0 bridgehead atoms. The zero-order valence-corrected chi connectivity index (χ0v) is 22.3. The van der Waals surface area contributed by atoms with Crippen LogP contribution < -0.4 is 50.6 Å². The SMILES string of the molecule is Cc1c(N)ccc(N)c1C.Cc1cc(N)c(N)cc1N.Nc1ccc(N)cc1.Nc1ccc(O)c(OC=O)c1. The highest BCUT2D eigenvalue weighted by Gasteiger charge is 2.01. The number of ether oxygens (including phenoxy) is 1. The molecule has 17 N–H and O–H groups in total. The molecule has 0 heterocycles. The Kier molecular flexibility index (Phi) is 12.1. The molecule has 0 aliphatic rings. The molecule has 208 valence electrons. The highest BCUT2D eigenvalue weighted by molar-refractivity contribution is 5.71. The van der Waals surface area contributed by atoms with E-state index in [1.165, 1.54) is 18.2 Å². The van der Waals surface area contributed by atoms with Crippen LogP contribution in [0.15, 0.2) is 66.7 Å². The smallest absolute Gasteiger partial charge is 0.298 e. The summed E-state index contributed by atoms with van der Waals surface area (Å²) in [6.07, 6.45) is 0. The van der Waals surface area contributed by atoms with Crippen molar-refractivity contribution < 1.29 is 14.6 Å². The molecule has 11 nitrogen and oxygen atoms in total. The zero-order chi connectivity index (χ0) is 29.7. The van der Waals surface area contributed by atoms with Gasteiger partial charge in [-0.3, -0.25) is 4.79 Å². The largest absolute Gasteiger partial charge is 0.504 e. The first kappa shape index (κ1) is 31.6. The Labute approximate surface area is 228 Å². The summed E-state index contributed by atoms with van der Waals surface area (Å²) in [6, 6.07) is 18.4. The molecule has 0 spiro atoms. The Morgan fingerprint density at radius 3 is 1.44 bits per heavy atom. The van der Waals surface area contributed by atoms with Crippen LogP contribution in [0, 0.1) is 20.8 Å². The van der Waals surface area contributed by atoms with Gasteiger partial charge in [0.1, 0.15) is 0 Å². The van der Waals surface area contributed by atoms with E-state index in [2.05, 4.69) is 4.74 Å². The van der Waals surface area contributed by atoms with Crippen LogP contribution in [-0.4, -0.2) is 11.6 Å². The van der Waals surface area contributed by atoms with E-state index in [4.69, 9.17) is 51.0 Å². The van der Waals surface area contributed by atoms with Crippen LogP contribution in [0.3, 0.4) is 0 Å². The summed E-state index contributed by atoms with van der Waals surface area (Å²) >= 11 is 0. The quantitative estimate of drug-likeness (QED) is 0.102. The molecule has 0 aliphatic carbocycles. The Morgan fingerprint density at radius 2 is 1.00 bits per heavy atom. The minimum Gasteiger partial charge on any atom is -0.504 e. The third-order valence-corrected chi connectivity index (χ3v) is 5.44. The van der Waals surface area contributed by atoms with Gasteiger partial charge in [-0.25, -0.2) is 0 Å². The van der Waals surface area contributed by atoms with Crippen molar-refractivity contribution in [1.82, 2.24) is 0 Å². The summed E-state index contributed by atoms with van der Waals surface area (Å²) in [7, 11) is 0. The molecule has 4 aromatic rings. The number of rotatable bonds is 2. The summed E-state index contributed by atoms with van der Waals surface area (Å²) in [5, 5.41) is 9.03. The lowest BCUT2D eigenvalue weighted by Gasteiger charge is -2.05. The molecular formula is C28H38N8O3. The fraction of sp³-hybridized carbons (Fsp3) is 0.107. The maximum atomic E-state index is 9.86. The second-order valence-corrected chi connectivity index (χ2v) is 8.44. The molecule has 0 unspecified atom stereocenters. The summed E-state index contributed by atoms with van der Waals surface area (Å²) in [4.78, 5) is 9.86. The molecule has 0 amide bonds. The van der Waals surface area contributed by atoms with Crippen molar-refractivity contribution in [2.24, 2.45) is 0 Å². The molecule has 11 heteroatoms. The molecule has 4 rings (SSSR count). The van der Waals surface area contributed by atoms with E-state index in [0.29, 0.717) is 22.7 Å². The van der Waals surface area contributed by atoms with Crippen molar-refractivity contribution in [2.45, 2.75) is 20.8 Å². The highest BCUT2D eigenvalue weighted by Crippen LogP contribution is 2.27. The summed E-state index contributed by atoms with van der Waals surface area (Å²) in [5.41, 5.74) is 52.4. The number of nitrogens with two attached hydrogens (primary N) is 8. The number of benzene rings is 4. The molecule has 0 aliphatic heterocycles. The van der Waals surface area contributed by atoms with E-state index >= 15 is 0 Å². The van der Waals surface area contributed by atoms with E-state index in [-0.39, 0.29) is 18.0 Å². The Morgan fingerprint density at radius 1 is 0.564 bits per heavy atom. The topological polar surface area (TPSA) is 255 Å². The van der Waals surface area contributed by atoms with Crippen LogP contribution >= 0.6 is 0 Å². The molecule has 0 saturated carbocycles. The lowest BCUT2D eigenvalue weighted by Crippen LogP contribution is -1.98. The second-order valence-electron chi connectivity index (χ2n) is 8.44. The first-order valence-corrected chi connectivity index (χ1v) is 11.6. The predicted molar refractivity (Wildman–Crippen MR) is 164 cm³/mol. The minimum absolute atomic E-state index is 0.0694. The zero-order valence-electron chi connectivity index (χ0n) is 22.3. The number of carbonyl (C=O) groups is 1. The van der Waals surface area contributed by atoms with Gasteiger partial charge >= 0.3 is 0 Å². The molecule has 4 aromatic carbocycles.